The van der Waals surface area contributed by atoms with Gasteiger partial charge in [0.25, 0.3) is 0 Å². The topological polar surface area (TPSA) is 63.7 Å². The third-order valence-corrected chi connectivity index (χ3v) is 3.54. The molecule has 1 heterocycles. The van der Waals surface area contributed by atoms with Crippen molar-refractivity contribution in [3.8, 4) is 0 Å². The standard InChI is InChI=1S/C15H17NO4/c1-3-20-15(19)13-11(10-7-5-4-6-8-10)9-12(17)16(2)14(13)18/h4-8,11,13H,3,9H2,1-2H3/t11-,13-/m1/s1. The van der Waals surface area contributed by atoms with Crippen LogP contribution in [0.25, 0.3) is 0 Å². The van der Waals surface area contributed by atoms with Gasteiger partial charge in [0.15, 0.2) is 0 Å². The number of amides is 2. The zero-order chi connectivity index (χ0) is 14.7. The smallest absolute Gasteiger partial charge is 0.319 e. The number of piperidine rings is 1. The van der Waals surface area contributed by atoms with E-state index in [-0.39, 0.29) is 18.9 Å². The summed E-state index contributed by atoms with van der Waals surface area (Å²) in [7, 11) is 1.40. The minimum atomic E-state index is -0.944. The highest BCUT2D eigenvalue weighted by atomic mass is 16.5. The summed E-state index contributed by atoms with van der Waals surface area (Å²) in [6.45, 7) is 1.90. The fourth-order valence-corrected chi connectivity index (χ4v) is 2.45. The first-order valence-electron chi connectivity index (χ1n) is 6.58. The normalized spacial score (nSPS) is 22.8. The molecule has 0 aromatic heterocycles. The van der Waals surface area contributed by atoms with Crippen LogP contribution in [0.3, 0.4) is 0 Å². The molecule has 1 aromatic carbocycles. The van der Waals surface area contributed by atoms with E-state index in [9.17, 15) is 14.4 Å². The predicted molar refractivity (Wildman–Crippen MR) is 71.7 cm³/mol. The summed E-state index contributed by atoms with van der Waals surface area (Å²) in [4.78, 5) is 37.2. The average Bonchev–Trinajstić information content (AvgIpc) is 2.45. The second-order valence-corrected chi connectivity index (χ2v) is 4.74. The van der Waals surface area contributed by atoms with Gasteiger partial charge in [-0.15, -0.1) is 0 Å². The summed E-state index contributed by atoms with van der Waals surface area (Å²) in [5.41, 5.74) is 0.806. The van der Waals surface area contributed by atoms with Crippen molar-refractivity contribution in [2.75, 3.05) is 13.7 Å². The number of esters is 1. The van der Waals surface area contributed by atoms with Gasteiger partial charge in [-0.1, -0.05) is 30.3 Å². The largest absolute Gasteiger partial charge is 0.465 e. The van der Waals surface area contributed by atoms with Gasteiger partial charge in [-0.3, -0.25) is 19.3 Å². The molecule has 0 spiro atoms. The van der Waals surface area contributed by atoms with Gasteiger partial charge in [0.05, 0.1) is 6.61 Å². The SMILES string of the molecule is CCOC(=O)[C@H]1C(=O)N(C)C(=O)C[C@@H]1c1ccccc1. The number of likely N-dealkylation sites (tertiary alicyclic amines) is 1. The van der Waals surface area contributed by atoms with Gasteiger partial charge in [0.1, 0.15) is 5.92 Å². The second kappa shape index (κ2) is 5.86. The van der Waals surface area contributed by atoms with Crippen molar-refractivity contribution in [1.82, 2.24) is 4.90 Å². The first-order valence-corrected chi connectivity index (χ1v) is 6.58. The van der Waals surface area contributed by atoms with Gasteiger partial charge in [-0.2, -0.15) is 0 Å². The molecule has 106 valence electrons. The predicted octanol–water partition coefficient (Wildman–Crippen LogP) is 1.34. The van der Waals surface area contributed by atoms with Gasteiger partial charge in [-0.05, 0) is 12.5 Å². The zero-order valence-corrected chi connectivity index (χ0v) is 11.5. The first kappa shape index (κ1) is 14.2. The highest BCUT2D eigenvalue weighted by Gasteiger charge is 2.45. The van der Waals surface area contributed by atoms with Crippen LogP contribution < -0.4 is 0 Å². The van der Waals surface area contributed by atoms with Crippen LogP contribution in [0, 0.1) is 5.92 Å². The molecule has 2 rings (SSSR count). The molecular weight excluding hydrogens is 258 g/mol. The first-order chi connectivity index (χ1) is 9.56. The Hall–Kier alpha value is -2.17. The number of carbonyl (C=O) groups excluding carboxylic acids is 3. The minimum absolute atomic E-state index is 0.135. The maximum absolute atomic E-state index is 12.2. The fourth-order valence-electron chi connectivity index (χ4n) is 2.45. The number of rotatable bonds is 3. The number of ether oxygens (including phenoxy) is 1. The van der Waals surface area contributed by atoms with E-state index in [1.54, 1.807) is 6.92 Å². The van der Waals surface area contributed by atoms with E-state index >= 15 is 0 Å². The van der Waals surface area contributed by atoms with E-state index in [1.165, 1.54) is 7.05 Å². The molecule has 1 aromatic rings. The monoisotopic (exact) mass is 275 g/mol. The van der Waals surface area contributed by atoms with Crippen LogP contribution in [-0.4, -0.2) is 36.3 Å². The molecule has 0 radical (unpaired) electrons. The Kier molecular flexibility index (Phi) is 4.17. The van der Waals surface area contributed by atoms with Crippen LogP contribution in [0.2, 0.25) is 0 Å². The number of imide groups is 1. The van der Waals surface area contributed by atoms with Crippen molar-refractivity contribution in [1.29, 1.82) is 0 Å². The summed E-state index contributed by atoms with van der Waals surface area (Å²) in [5.74, 6) is -2.73. The lowest BCUT2D eigenvalue weighted by Crippen LogP contribution is -2.49. The molecule has 0 unspecified atom stereocenters. The molecule has 0 bridgehead atoms. The quantitative estimate of drug-likeness (QED) is 0.474. The molecule has 20 heavy (non-hydrogen) atoms. The Morgan fingerprint density at radius 2 is 1.95 bits per heavy atom. The molecule has 2 amide bonds. The second-order valence-electron chi connectivity index (χ2n) is 4.74. The van der Waals surface area contributed by atoms with Crippen LogP contribution >= 0.6 is 0 Å². The molecule has 0 saturated carbocycles. The van der Waals surface area contributed by atoms with Crippen LogP contribution in [0.1, 0.15) is 24.8 Å². The molecule has 0 N–H and O–H groups in total. The van der Waals surface area contributed by atoms with Gasteiger partial charge in [0, 0.05) is 19.4 Å². The molecule has 1 aliphatic heterocycles. The Morgan fingerprint density at radius 3 is 2.55 bits per heavy atom. The third kappa shape index (κ3) is 2.57. The van der Waals surface area contributed by atoms with E-state index < -0.39 is 23.7 Å². The number of hydrogen-bond acceptors (Lipinski definition) is 4. The molecule has 5 nitrogen and oxygen atoms in total. The maximum Gasteiger partial charge on any atom is 0.319 e. The van der Waals surface area contributed by atoms with Crippen LogP contribution in [0.4, 0.5) is 0 Å². The van der Waals surface area contributed by atoms with E-state index in [4.69, 9.17) is 4.74 Å². The Labute approximate surface area is 117 Å². The summed E-state index contributed by atoms with van der Waals surface area (Å²) >= 11 is 0. The van der Waals surface area contributed by atoms with Crippen molar-refractivity contribution in [3.05, 3.63) is 35.9 Å². The van der Waals surface area contributed by atoms with Gasteiger partial charge >= 0.3 is 5.97 Å². The molecule has 1 fully saturated rings. The number of hydrogen-bond donors (Lipinski definition) is 0. The molecule has 5 heteroatoms. The summed E-state index contributed by atoms with van der Waals surface area (Å²) in [6, 6.07) is 9.14. The minimum Gasteiger partial charge on any atom is -0.465 e. The lowest BCUT2D eigenvalue weighted by Gasteiger charge is -2.33. The van der Waals surface area contributed by atoms with E-state index in [1.807, 2.05) is 30.3 Å². The zero-order valence-electron chi connectivity index (χ0n) is 11.5. The fraction of sp³-hybridized carbons (Fsp3) is 0.400. The number of benzene rings is 1. The molecule has 1 aliphatic rings. The van der Waals surface area contributed by atoms with Crippen LogP contribution in [0.5, 0.6) is 0 Å². The Morgan fingerprint density at radius 1 is 1.30 bits per heavy atom. The van der Waals surface area contributed by atoms with Crippen molar-refractivity contribution in [2.45, 2.75) is 19.3 Å². The number of nitrogens with zero attached hydrogens (tertiary/aromatic N) is 1. The highest BCUT2D eigenvalue weighted by Crippen LogP contribution is 2.34. The summed E-state index contributed by atoms with van der Waals surface area (Å²) in [6.07, 6.45) is 0.135. The highest BCUT2D eigenvalue weighted by molar-refractivity contribution is 6.08. The third-order valence-electron chi connectivity index (χ3n) is 3.54. The van der Waals surface area contributed by atoms with Gasteiger partial charge in [0.2, 0.25) is 11.8 Å². The lowest BCUT2D eigenvalue weighted by atomic mass is 9.79. The number of carbonyl (C=O) groups is 3. The van der Waals surface area contributed by atoms with E-state index in [0.29, 0.717) is 0 Å². The molecule has 0 aliphatic carbocycles. The van der Waals surface area contributed by atoms with Gasteiger partial charge < -0.3 is 4.74 Å². The van der Waals surface area contributed by atoms with Crippen molar-refractivity contribution in [2.24, 2.45) is 5.92 Å². The van der Waals surface area contributed by atoms with Gasteiger partial charge in [-0.25, -0.2) is 0 Å². The summed E-state index contributed by atoms with van der Waals surface area (Å²) < 4.78 is 4.99. The van der Waals surface area contributed by atoms with Crippen molar-refractivity contribution < 1.29 is 19.1 Å². The molecule has 2 atom stereocenters. The molecule has 1 saturated heterocycles. The maximum atomic E-state index is 12.2. The summed E-state index contributed by atoms with van der Waals surface area (Å²) in [5, 5.41) is 0. The van der Waals surface area contributed by atoms with Crippen LogP contribution in [-0.2, 0) is 19.1 Å². The van der Waals surface area contributed by atoms with Crippen LogP contribution in [0.15, 0.2) is 30.3 Å². The Bertz CT molecular complexity index is 526. The van der Waals surface area contributed by atoms with E-state index in [0.717, 1.165) is 10.5 Å². The lowest BCUT2D eigenvalue weighted by molar-refractivity contribution is -0.162. The average molecular weight is 275 g/mol. The van der Waals surface area contributed by atoms with Crippen molar-refractivity contribution in [3.63, 3.8) is 0 Å². The van der Waals surface area contributed by atoms with Crippen molar-refractivity contribution >= 4 is 17.8 Å². The van der Waals surface area contributed by atoms with E-state index in [2.05, 4.69) is 0 Å². The molecular formula is C15H17NO4. The Balaban J connectivity index is 2.37.